The van der Waals surface area contributed by atoms with E-state index in [0.29, 0.717) is 0 Å². The van der Waals surface area contributed by atoms with Crippen molar-refractivity contribution in [1.29, 1.82) is 0 Å². The van der Waals surface area contributed by atoms with Crippen LogP contribution in [0.1, 0.15) is 20.8 Å². The fourth-order valence-electron chi connectivity index (χ4n) is 1.05. The molecule has 80 valence electrons. The van der Waals surface area contributed by atoms with E-state index in [2.05, 4.69) is 0 Å². The number of carbonyl (C=O) groups excluding carboxylic acids is 3. The van der Waals surface area contributed by atoms with Gasteiger partial charge in [-0.15, -0.1) is 0 Å². The zero-order chi connectivity index (χ0) is 11.5. The monoisotopic (exact) mass is 201 g/mol. The first-order chi connectivity index (χ1) is 6.28. The van der Waals surface area contributed by atoms with E-state index in [9.17, 15) is 14.4 Å². The fraction of sp³-hybridized carbons (Fsp3) is 0.667. The SMILES string of the molecule is CC(=O)C(C)(C(C)=O)C(=O)C(N)CO. The summed E-state index contributed by atoms with van der Waals surface area (Å²) in [7, 11) is 0. The number of Topliss-reactive ketones (excluding diaryl/α,β-unsaturated/α-hetero) is 3. The van der Waals surface area contributed by atoms with Gasteiger partial charge in [0.05, 0.1) is 12.6 Å². The highest BCUT2D eigenvalue weighted by Crippen LogP contribution is 2.21. The third kappa shape index (κ3) is 2.05. The number of rotatable bonds is 5. The Morgan fingerprint density at radius 3 is 1.86 bits per heavy atom. The van der Waals surface area contributed by atoms with Crippen LogP contribution in [0, 0.1) is 5.41 Å². The molecular weight excluding hydrogens is 186 g/mol. The summed E-state index contributed by atoms with van der Waals surface area (Å²) >= 11 is 0. The number of hydrogen-bond acceptors (Lipinski definition) is 5. The number of aliphatic hydroxyl groups excluding tert-OH is 1. The largest absolute Gasteiger partial charge is 0.394 e. The minimum Gasteiger partial charge on any atom is -0.394 e. The van der Waals surface area contributed by atoms with E-state index < -0.39 is 35.4 Å². The first-order valence-electron chi connectivity index (χ1n) is 4.21. The van der Waals surface area contributed by atoms with E-state index in [1.807, 2.05) is 0 Å². The number of hydrogen-bond donors (Lipinski definition) is 2. The van der Waals surface area contributed by atoms with Crippen LogP contribution < -0.4 is 5.73 Å². The predicted molar refractivity (Wildman–Crippen MR) is 49.5 cm³/mol. The van der Waals surface area contributed by atoms with Gasteiger partial charge in [-0.25, -0.2) is 0 Å². The highest BCUT2D eigenvalue weighted by atomic mass is 16.3. The van der Waals surface area contributed by atoms with Crippen molar-refractivity contribution in [3.8, 4) is 0 Å². The minimum absolute atomic E-state index is 0.557. The number of carbonyl (C=O) groups is 3. The summed E-state index contributed by atoms with van der Waals surface area (Å²) in [5.41, 5.74) is 3.55. The van der Waals surface area contributed by atoms with Gasteiger partial charge >= 0.3 is 0 Å². The van der Waals surface area contributed by atoms with E-state index in [1.54, 1.807) is 0 Å². The lowest BCUT2D eigenvalue weighted by Crippen LogP contribution is -2.51. The molecule has 0 rings (SSSR count). The summed E-state index contributed by atoms with van der Waals surface area (Å²) in [5, 5.41) is 8.66. The average Bonchev–Trinajstić information content (AvgIpc) is 2.13. The van der Waals surface area contributed by atoms with E-state index in [0.717, 1.165) is 13.8 Å². The quantitative estimate of drug-likeness (QED) is 0.559. The molecule has 0 spiro atoms. The third-order valence-electron chi connectivity index (χ3n) is 2.43. The van der Waals surface area contributed by atoms with Crippen LogP contribution in [0.2, 0.25) is 0 Å². The van der Waals surface area contributed by atoms with Crippen LogP contribution in [0.15, 0.2) is 0 Å². The normalized spacial score (nSPS) is 13.5. The summed E-state index contributed by atoms with van der Waals surface area (Å²) < 4.78 is 0. The van der Waals surface area contributed by atoms with Crippen molar-refractivity contribution < 1.29 is 19.5 Å². The molecule has 5 heteroatoms. The van der Waals surface area contributed by atoms with Crippen LogP contribution in [0.4, 0.5) is 0 Å². The van der Waals surface area contributed by atoms with Gasteiger partial charge in [-0.2, -0.15) is 0 Å². The highest BCUT2D eigenvalue weighted by molar-refractivity contribution is 6.24. The van der Waals surface area contributed by atoms with Gasteiger partial charge in [0.1, 0.15) is 5.41 Å². The van der Waals surface area contributed by atoms with Gasteiger partial charge in [-0.05, 0) is 20.8 Å². The van der Waals surface area contributed by atoms with Gasteiger partial charge in [0.25, 0.3) is 0 Å². The van der Waals surface area contributed by atoms with Crippen molar-refractivity contribution in [2.75, 3.05) is 6.61 Å². The molecule has 3 N–H and O–H groups in total. The van der Waals surface area contributed by atoms with E-state index in [4.69, 9.17) is 10.8 Å². The molecular formula is C9H15NO4. The van der Waals surface area contributed by atoms with Crippen LogP contribution >= 0.6 is 0 Å². The Morgan fingerprint density at radius 2 is 1.64 bits per heavy atom. The Bertz CT molecular complexity index is 258. The van der Waals surface area contributed by atoms with Crippen LogP contribution in [-0.4, -0.2) is 35.1 Å². The molecule has 0 aliphatic carbocycles. The first-order valence-corrected chi connectivity index (χ1v) is 4.21. The van der Waals surface area contributed by atoms with Gasteiger partial charge < -0.3 is 10.8 Å². The molecule has 0 aliphatic rings. The Morgan fingerprint density at radius 1 is 1.29 bits per heavy atom. The van der Waals surface area contributed by atoms with Gasteiger partial charge in [-0.1, -0.05) is 0 Å². The van der Waals surface area contributed by atoms with Gasteiger partial charge in [0.2, 0.25) is 0 Å². The predicted octanol–water partition coefficient (Wildman–Crippen LogP) is -0.941. The average molecular weight is 201 g/mol. The summed E-state index contributed by atoms with van der Waals surface area (Å²) in [4.78, 5) is 33.9. The Kier molecular flexibility index (Phi) is 4.09. The second kappa shape index (κ2) is 4.43. The minimum atomic E-state index is -1.72. The lowest BCUT2D eigenvalue weighted by atomic mass is 9.76. The molecule has 5 nitrogen and oxygen atoms in total. The van der Waals surface area contributed by atoms with Crippen molar-refractivity contribution >= 4 is 17.3 Å². The molecule has 0 aromatic heterocycles. The molecule has 0 saturated carbocycles. The maximum Gasteiger partial charge on any atom is 0.172 e. The molecule has 0 heterocycles. The van der Waals surface area contributed by atoms with Crippen LogP contribution in [0.25, 0.3) is 0 Å². The molecule has 0 fully saturated rings. The van der Waals surface area contributed by atoms with E-state index >= 15 is 0 Å². The van der Waals surface area contributed by atoms with Crippen LogP contribution in [-0.2, 0) is 14.4 Å². The zero-order valence-corrected chi connectivity index (χ0v) is 8.53. The molecule has 1 unspecified atom stereocenters. The summed E-state index contributed by atoms with van der Waals surface area (Å²) in [6.07, 6.45) is 0. The lowest BCUT2D eigenvalue weighted by Gasteiger charge is -2.24. The molecule has 0 saturated heterocycles. The van der Waals surface area contributed by atoms with Crippen LogP contribution in [0.5, 0.6) is 0 Å². The van der Waals surface area contributed by atoms with Gasteiger partial charge in [0, 0.05) is 0 Å². The second-order valence-corrected chi connectivity index (χ2v) is 3.39. The lowest BCUT2D eigenvalue weighted by molar-refractivity contribution is -0.147. The third-order valence-corrected chi connectivity index (χ3v) is 2.43. The first kappa shape index (κ1) is 12.9. The number of ketones is 3. The van der Waals surface area contributed by atoms with Crippen molar-refractivity contribution in [2.45, 2.75) is 26.8 Å². The molecule has 0 aliphatic heterocycles. The van der Waals surface area contributed by atoms with Gasteiger partial charge in [-0.3, -0.25) is 14.4 Å². The number of nitrogens with two attached hydrogens (primary N) is 1. The van der Waals surface area contributed by atoms with E-state index in [-0.39, 0.29) is 0 Å². The van der Waals surface area contributed by atoms with Crippen molar-refractivity contribution in [3.05, 3.63) is 0 Å². The molecule has 0 amide bonds. The topological polar surface area (TPSA) is 97.5 Å². The Labute approximate surface area is 82.3 Å². The molecule has 0 radical (unpaired) electrons. The smallest absolute Gasteiger partial charge is 0.172 e. The van der Waals surface area contributed by atoms with Gasteiger partial charge in [0.15, 0.2) is 17.3 Å². The van der Waals surface area contributed by atoms with Crippen molar-refractivity contribution in [1.82, 2.24) is 0 Å². The Hall–Kier alpha value is -1.07. The molecule has 0 aromatic carbocycles. The summed E-state index contributed by atoms with van der Waals surface area (Å²) in [6.45, 7) is 2.97. The summed E-state index contributed by atoms with van der Waals surface area (Å²) in [6, 6.07) is -1.19. The summed E-state index contributed by atoms with van der Waals surface area (Å²) in [5.74, 6) is -1.85. The molecule has 0 bridgehead atoms. The highest BCUT2D eigenvalue weighted by Gasteiger charge is 2.44. The molecule has 14 heavy (non-hydrogen) atoms. The van der Waals surface area contributed by atoms with Crippen molar-refractivity contribution in [3.63, 3.8) is 0 Å². The zero-order valence-electron chi connectivity index (χ0n) is 8.53. The number of aliphatic hydroxyl groups is 1. The maximum atomic E-state index is 11.6. The Balaban J connectivity index is 5.13. The second-order valence-electron chi connectivity index (χ2n) is 3.39. The molecule has 0 aromatic rings. The fourth-order valence-corrected chi connectivity index (χ4v) is 1.05. The van der Waals surface area contributed by atoms with Crippen LogP contribution in [0.3, 0.4) is 0 Å². The molecule has 1 atom stereocenters. The van der Waals surface area contributed by atoms with Crippen molar-refractivity contribution in [2.24, 2.45) is 11.1 Å². The van der Waals surface area contributed by atoms with E-state index in [1.165, 1.54) is 6.92 Å². The standard InChI is InChI=1S/C9H15NO4/c1-5(12)9(3,6(2)13)8(14)7(10)4-11/h7,11H,4,10H2,1-3H3. The maximum absolute atomic E-state index is 11.6.